The Balaban J connectivity index is 1.96. The van der Waals surface area contributed by atoms with Crippen LogP contribution >= 0.6 is 0 Å². The van der Waals surface area contributed by atoms with E-state index in [1.807, 2.05) is 39.2 Å². The summed E-state index contributed by atoms with van der Waals surface area (Å²) in [7, 11) is 7.13. The molecule has 0 bridgehead atoms. The molecule has 4 amide bonds. The highest BCUT2D eigenvalue weighted by Gasteiger charge is 2.28. The maximum absolute atomic E-state index is 12.7. The van der Waals surface area contributed by atoms with Crippen molar-refractivity contribution >= 4 is 29.2 Å². The lowest BCUT2D eigenvalue weighted by atomic mass is 9.95. The molecule has 1 aromatic rings. The molecule has 154 valence electrons. The molecule has 28 heavy (non-hydrogen) atoms. The first-order valence-corrected chi connectivity index (χ1v) is 9.50. The van der Waals surface area contributed by atoms with Gasteiger partial charge in [0.2, 0.25) is 11.8 Å². The van der Waals surface area contributed by atoms with Crippen LogP contribution < -0.4 is 10.6 Å². The van der Waals surface area contributed by atoms with E-state index in [4.69, 9.17) is 0 Å². The number of likely N-dealkylation sites (N-methyl/N-ethyl adjacent to an activating group) is 1. The number of hydrogen-bond donors (Lipinski definition) is 2. The Labute approximate surface area is 166 Å². The van der Waals surface area contributed by atoms with Crippen LogP contribution in [0.25, 0.3) is 0 Å². The van der Waals surface area contributed by atoms with Gasteiger partial charge in [-0.05, 0) is 51.6 Å². The largest absolute Gasteiger partial charge is 0.331 e. The van der Waals surface area contributed by atoms with E-state index < -0.39 is 0 Å². The van der Waals surface area contributed by atoms with Gasteiger partial charge in [0.05, 0.1) is 6.54 Å². The van der Waals surface area contributed by atoms with Gasteiger partial charge >= 0.3 is 6.03 Å². The molecule has 1 saturated heterocycles. The van der Waals surface area contributed by atoms with Gasteiger partial charge in [-0.1, -0.05) is 6.07 Å². The van der Waals surface area contributed by atoms with Crippen LogP contribution in [-0.2, 0) is 9.59 Å². The Hall–Kier alpha value is -2.61. The van der Waals surface area contributed by atoms with Crippen molar-refractivity contribution in [2.24, 2.45) is 5.92 Å². The fourth-order valence-electron chi connectivity index (χ4n) is 3.23. The molecule has 8 nitrogen and oxygen atoms in total. The Morgan fingerprint density at radius 3 is 2.14 bits per heavy atom. The number of carbonyl (C=O) groups excluding carboxylic acids is 3. The molecule has 0 aliphatic carbocycles. The number of hydrogen-bond acceptors (Lipinski definition) is 4. The van der Waals surface area contributed by atoms with Crippen LogP contribution in [0.15, 0.2) is 18.2 Å². The highest BCUT2D eigenvalue weighted by atomic mass is 16.2. The molecular formula is C20H31N5O3. The second kappa shape index (κ2) is 9.54. The number of benzene rings is 1. The first kappa shape index (κ1) is 21.7. The van der Waals surface area contributed by atoms with Crippen molar-refractivity contribution in [3.8, 4) is 0 Å². The topological polar surface area (TPSA) is 85.0 Å². The molecule has 0 saturated carbocycles. The van der Waals surface area contributed by atoms with Crippen molar-refractivity contribution in [2.75, 3.05) is 58.5 Å². The zero-order valence-electron chi connectivity index (χ0n) is 17.4. The molecule has 2 N–H and O–H groups in total. The van der Waals surface area contributed by atoms with Crippen LogP contribution in [0.2, 0.25) is 0 Å². The number of urea groups is 1. The normalized spacial score (nSPS) is 14.7. The predicted molar refractivity (Wildman–Crippen MR) is 110 cm³/mol. The Morgan fingerprint density at radius 1 is 1.04 bits per heavy atom. The maximum Gasteiger partial charge on any atom is 0.319 e. The first-order valence-electron chi connectivity index (χ1n) is 9.50. The van der Waals surface area contributed by atoms with Gasteiger partial charge in [-0.25, -0.2) is 4.79 Å². The minimum atomic E-state index is -0.127. The van der Waals surface area contributed by atoms with E-state index in [0.717, 1.165) is 5.56 Å². The number of anilines is 2. The number of carbonyl (C=O) groups is 3. The van der Waals surface area contributed by atoms with E-state index in [1.54, 1.807) is 28.8 Å². The Kier molecular flexibility index (Phi) is 7.39. The van der Waals surface area contributed by atoms with Gasteiger partial charge < -0.3 is 25.3 Å². The summed E-state index contributed by atoms with van der Waals surface area (Å²) in [5, 5.41) is 5.87. The Bertz CT molecular complexity index is 725. The number of rotatable bonds is 5. The van der Waals surface area contributed by atoms with Crippen LogP contribution in [0.3, 0.4) is 0 Å². The summed E-state index contributed by atoms with van der Waals surface area (Å²) in [4.78, 5) is 41.8. The predicted octanol–water partition coefficient (Wildman–Crippen LogP) is 1.83. The Morgan fingerprint density at radius 2 is 1.61 bits per heavy atom. The summed E-state index contributed by atoms with van der Waals surface area (Å²) in [6.07, 6.45) is 1.29. The zero-order valence-corrected chi connectivity index (χ0v) is 17.4. The highest BCUT2D eigenvalue weighted by molar-refractivity contribution is 5.97. The standard InChI is InChI=1S/C20H31N5O3/c1-14-16(21-18(26)13-23(2)3)7-6-8-17(14)22-19(27)15-9-11-25(12-10-15)20(28)24(4)5/h6-8,15H,9-13H2,1-5H3,(H,21,26)(H,22,27). The van der Waals surface area contributed by atoms with Gasteiger partial charge in [0.1, 0.15) is 0 Å². The van der Waals surface area contributed by atoms with E-state index in [-0.39, 0.29) is 23.8 Å². The average molecular weight is 390 g/mol. The average Bonchev–Trinajstić information content (AvgIpc) is 2.63. The number of nitrogens with zero attached hydrogens (tertiary/aromatic N) is 3. The molecule has 1 heterocycles. The number of nitrogens with one attached hydrogen (secondary N) is 2. The zero-order chi connectivity index (χ0) is 20.8. The van der Waals surface area contributed by atoms with Gasteiger partial charge in [0, 0.05) is 44.5 Å². The minimum absolute atomic E-state index is 0.0177. The van der Waals surface area contributed by atoms with E-state index in [2.05, 4.69) is 10.6 Å². The van der Waals surface area contributed by atoms with Crippen molar-refractivity contribution in [2.45, 2.75) is 19.8 Å². The molecule has 1 aliphatic rings. The summed E-state index contributed by atoms with van der Waals surface area (Å²) in [5.41, 5.74) is 2.21. The number of amides is 4. The molecule has 0 radical (unpaired) electrons. The lowest BCUT2D eigenvalue weighted by Gasteiger charge is -2.33. The molecule has 1 aliphatic heterocycles. The third kappa shape index (κ3) is 5.69. The fourth-order valence-corrected chi connectivity index (χ4v) is 3.23. The van der Waals surface area contributed by atoms with E-state index in [9.17, 15) is 14.4 Å². The second-order valence-electron chi connectivity index (χ2n) is 7.69. The molecular weight excluding hydrogens is 358 g/mol. The summed E-state index contributed by atoms with van der Waals surface area (Å²) >= 11 is 0. The number of likely N-dealkylation sites (tertiary alicyclic amines) is 1. The molecule has 1 fully saturated rings. The summed E-state index contributed by atoms with van der Waals surface area (Å²) in [6, 6.07) is 5.45. The molecule has 1 aromatic carbocycles. The maximum atomic E-state index is 12.7. The highest BCUT2D eigenvalue weighted by Crippen LogP contribution is 2.26. The van der Waals surface area contributed by atoms with Gasteiger partial charge in [0.15, 0.2) is 0 Å². The fraction of sp³-hybridized carbons (Fsp3) is 0.550. The molecule has 0 aromatic heterocycles. The van der Waals surface area contributed by atoms with Crippen molar-refractivity contribution in [1.82, 2.24) is 14.7 Å². The molecule has 0 unspecified atom stereocenters. The van der Waals surface area contributed by atoms with Crippen molar-refractivity contribution in [1.29, 1.82) is 0 Å². The third-order valence-corrected chi connectivity index (χ3v) is 4.84. The second-order valence-corrected chi connectivity index (χ2v) is 7.69. The SMILES string of the molecule is Cc1c(NC(=O)CN(C)C)cccc1NC(=O)C1CCN(C(=O)N(C)C)CC1. The monoisotopic (exact) mass is 389 g/mol. The van der Waals surface area contributed by atoms with Gasteiger partial charge in [-0.2, -0.15) is 0 Å². The van der Waals surface area contributed by atoms with Gasteiger partial charge in [-0.15, -0.1) is 0 Å². The summed E-state index contributed by atoms with van der Waals surface area (Å²) < 4.78 is 0. The lowest BCUT2D eigenvalue weighted by molar-refractivity contribution is -0.121. The first-order chi connectivity index (χ1) is 13.2. The lowest BCUT2D eigenvalue weighted by Crippen LogP contribution is -2.45. The van der Waals surface area contributed by atoms with Crippen LogP contribution in [0.4, 0.5) is 16.2 Å². The van der Waals surface area contributed by atoms with E-state index in [1.165, 1.54) is 0 Å². The van der Waals surface area contributed by atoms with Crippen LogP contribution in [0.1, 0.15) is 18.4 Å². The third-order valence-electron chi connectivity index (χ3n) is 4.84. The molecule has 8 heteroatoms. The smallest absolute Gasteiger partial charge is 0.319 e. The van der Waals surface area contributed by atoms with Gasteiger partial charge in [-0.3, -0.25) is 9.59 Å². The van der Waals surface area contributed by atoms with Crippen molar-refractivity contribution in [3.05, 3.63) is 23.8 Å². The van der Waals surface area contributed by atoms with E-state index in [0.29, 0.717) is 43.9 Å². The van der Waals surface area contributed by atoms with E-state index >= 15 is 0 Å². The van der Waals surface area contributed by atoms with Gasteiger partial charge in [0.25, 0.3) is 0 Å². The summed E-state index contributed by atoms with van der Waals surface area (Å²) in [6.45, 7) is 3.32. The molecule has 2 rings (SSSR count). The minimum Gasteiger partial charge on any atom is -0.331 e. The quantitative estimate of drug-likeness (QED) is 0.805. The van der Waals surface area contributed by atoms with Crippen LogP contribution in [0.5, 0.6) is 0 Å². The van der Waals surface area contributed by atoms with Crippen LogP contribution in [0, 0.1) is 12.8 Å². The molecule has 0 atom stereocenters. The number of piperidine rings is 1. The van der Waals surface area contributed by atoms with Crippen molar-refractivity contribution < 1.29 is 14.4 Å². The summed E-state index contributed by atoms with van der Waals surface area (Å²) in [5.74, 6) is -0.274. The van der Waals surface area contributed by atoms with Crippen molar-refractivity contribution in [3.63, 3.8) is 0 Å². The van der Waals surface area contributed by atoms with Crippen LogP contribution in [-0.4, -0.2) is 80.4 Å². The molecule has 0 spiro atoms.